The topological polar surface area (TPSA) is 27.7 Å². The van der Waals surface area contributed by atoms with E-state index in [2.05, 4.69) is 0 Å². The predicted octanol–water partition coefficient (Wildman–Crippen LogP) is 3.91. The van der Waals surface area contributed by atoms with Crippen LogP contribution in [0, 0.1) is 0 Å². The van der Waals surface area contributed by atoms with Crippen LogP contribution in [0.1, 0.15) is 24.5 Å². The van der Waals surface area contributed by atoms with Crippen molar-refractivity contribution in [2.75, 3.05) is 20.8 Å². The molecule has 0 radical (unpaired) electrons. The third-order valence-corrected chi connectivity index (χ3v) is 6.13. The Morgan fingerprint density at radius 1 is 1.14 bits per heavy atom. The second-order valence-corrected chi connectivity index (χ2v) is 7.55. The molecule has 0 aliphatic carbocycles. The Kier molecular flexibility index (Phi) is 6.86. The molecule has 7 heteroatoms. The molecule has 0 atom stereocenters. The van der Waals surface area contributed by atoms with Gasteiger partial charge in [-0.3, -0.25) is 0 Å². The minimum atomic E-state index is -4.31. The van der Waals surface area contributed by atoms with Crippen molar-refractivity contribution in [2.24, 2.45) is 0 Å². The average Bonchev–Trinajstić information content (AvgIpc) is 2.46. The van der Waals surface area contributed by atoms with Crippen molar-refractivity contribution in [3.63, 3.8) is 0 Å². The molecule has 0 saturated heterocycles. The van der Waals surface area contributed by atoms with Gasteiger partial charge in [0.05, 0.1) is 5.56 Å². The Morgan fingerprint density at radius 3 is 2.33 bits per heavy atom. The second kappa shape index (κ2) is 7.93. The Bertz CT molecular complexity index is 434. The number of aryl methyl sites for hydroxylation is 1. The number of benzene rings is 1. The van der Waals surface area contributed by atoms with Gasteiger partial charge in [-0.05, 0) is 31.4 Å². The van der Waals surface area contributed by atoms with E-state index in [9.17, 15) is 13.2 Å². The van der Waals surface area contributed by atoms with E-state index in [4.69, 9.17) is 13.3 Å². The molecule has 3 nitrogen and oxygen atoms in total. The van der Waals surface area contributed by atoms with Crippen molar-refractivity contribution >= 4 is 8.80 Å². The van der Waals surface area contributed by atoms with Crippen molar-refractivity contribution in [1.82, 2.24) is 0 Å². The molecule has 120 valence electrons. The summed E-state index contributed by atoms with van der Waals surface area (Å²) in [4.78, 5) is 0. The number of halogens is 3. The van der Waals surface area contributed by atoms with Gasteiger partial charge in [0.15, 0.2) is 0 Å². The van der Waals surface area contributed by atoms with Crippen LogP contribution in [0.3, 0.4) is 0 Å². The molecule has 0 saturated carbocycles. The van der Waals surface area contributed by atoms with E-state index >= 15 is 0 Å². The molecule has 0 heterocycles. The molecule has 0 bridgehead atoms. The van der Waals surface area contributed by atoms with Gasteiger partial charge in [-0.15, -0.1) is 0 Å². The third-order valence-electron chi connectivity index (χ3n) is 3.19. The van der Waals surface area contributed by atoms with Gasteiger partial charge in [0.25, 0.3) is 0 Å². The van der Waals surface area contributed by atoms with E-state index < -0.39 is 20.5 Å². The zero-order chi connectivity index (χ0) is 15.9. The standard InChI is InChI=1S/C14H21F3O3Si/c1-4-20-21(18-2,19-3)10-6-8-12-7-5-9-13(11-12)14(15,16)17/h5,7,9,11H,4,6,8,10H2,1-3H3. The Labute approximate surface area is 124 Å². The summed E-state index contributed by atoms with van der Waals surface area (Å²) in [5, 5.41) is 0. The van der Waals surface area contributed by atoms with Gasteiger partial charge in [-0.25, -0.2) is 0 Å². The minimum Gasteiger partial charge on any atom is -0.377 e. The van der Waals surface area contributed by atoms with E-state index in [0.717, 1.165) is 6.07 Å². The lowest BCUT2D eigenvalue weighted by molar-refractivity contribution is -0.137. The van der Waals surface area contributed by atoms with E-state index in [1.165, 1.54) is 26.4 Å². The molecular weight excluding hydrogens is 301 g/mol. The third kappa shape index (κ3) is 5.42. The number of hydrogen-bond donors (Lipinski definition) is 0. The fourth-order valence-electron chi connectivity index (χ4n) is 2.11. The quantitative estimate of drug-likeness (QED) is 0.679. The first-order valence-electron chi connectivity index (χ1n) is 6.77. The molecule has 0 aromatic heterocycles. The highest BCUT2D eigenvalue weighted by Crippen LogP contribution is 2.30. The second-order valence-electron chi connectivity index (χ2n) is 4.58. The molecule has 0 amide bonds. The molecule has 0 aliphatic rings. The van der Waals surface area contributed by atoms with Crippen molar-refractivity contribution in [3.05, 3.63) is 35.4 Å². The van der Waals surface area contributed by atoms with E-state index in [1.807, 2.05) is 6.92 Å². The van der Waals surface area contributed by atoms with Gasteiger partial charge in [0.2, 0.25) is 0 Å². The molecule has 0 fully saturated rings. The van der Waals surface area contributed by atoms with Crippen LogP contribution < -0.4 is 0 Å². The first-order valence-corrected chi connectivity index (χ1v) is 8.70. The molecule has 0 spiro atoms. The highest BCUT2D eigenvalue weighted by atomic mass is 28.4. The maximum absolute atomic E-state index is 12.6. The summed E-state index contributed by atoms with van der Waals surface area (Å²) in [6.45, 7) is 2.34. The summed E-state index contributed by atoms with van der Waals surface area (Å²) in [5.41, 5.74) is 0.0308. The van der Waals surface area contributed by atoms with Crippen molar-refractivity contribution in [2.45, 2.75) is 32.0 Å². The number of rotatable bonds is 8. The number of hydrogen-bond acceptors (Lipinski definition) is 3. The highest BCUT2D eigenvalue weighted by molar-refractivity contribution is 6.60. The summed E-state index contributed by atoms with van der Waals surface area (Å²) in [6, 6.07) is 5.96. The van der Waals surface area contributed by atoms with Crippen LogP contribution in [0.5, 0.6) is 0 Å². The fraction of sp³-hybridized carbons (Fsp3) is 0.571. The molecule has 1 aromatic carbocycles. The first-order chi connectivity index (χ1) is 9.87. The summed E-state index contributed by atoms with van der Waals surface area (Å²) >= 11 is 0. The van der Waals surface area contributed by atoms with Gasteiger partial charge in [-0.1, -0.05) is 18.2 Å². The summed E-state index contributed by atoms with van der Waals surface area (Å²) in [7, 11) is 0.405. The van der Waals surface area contributed by atoms with Crippen LogP contribution in [0.4, 0.5) is 13.2 Å². The fourth-order valence-corrected chi connectivity index (χ4v) is 4.11. The van der Waals surface area contributed by atoms with E-state index in [0.29, 0.717) is 31.1 Å². The van der Waals surface area contributed by atoms with Gasteiger partial charge in [-0.2, -0.15) is 13.2 Å². The lowest BCUT2D eigenvalue weighted by atomic mass is 10.1. The van der Waals surface area contributed by atoms with Crippen LogP contribution in [0.15, 0.2) is 24.3 Å². The van der Waals surface area contributed by atoms with Crippen LogP contribution in [-0.4, -0.2) is 29.6 Å². The van der Waals surface area contributed by atoms with Gasteiger partial charge >= 0.3 is 15.0 Å². The van der Waals surface area contributed by atoms with Crippen LogP contribution in [0.2, 0.25) is 6.04 Å². The lowest BCUT2D eigenvalue weighted by Crippen LogP contribution is -2.43. The molecule has 0 aliphatic heterocycles. The molecule has 1 rings (SSSR count). The van der Waals surface area contributed by atoms with Crippen molar-refractivity contribution in [3.8, 4) is 0 Å². The maximum Gasteiger partial charge on any atom is 0.500 e. The van der Waals surface area contributed by atoms with Crippen LogP contribution in [0.25, 0.3) is 0 Å². The smallest absolute Gasteiger partial charge is 0.377 e. The van der Waals surface area contributed by atoms with Crippen molar-refractivity contribution < 1.29 is 26.4 Å². The predicted molar refractivity (Wildman–Crippen MR) is 76.0 cm³/mol. The summed E-state index contributed by atoms with van der Waals surface area (Å²) in [6.07, 6.45) is -3.13. The van der Waals surface area contributed by atoms with Gasteiger partial charge < -0.3 is 13.3 Å². The molecule has 21 heavy (non-hydrogen) atoms. The molecule has 1 aromatic rings. The first kappa shape index (κ1) is 18.2. The van der Waals surface area contributed by atoms with E-state index in [1.54, 1.807) is 6.07 Å². The SMILES string of the molecule is CCO[Si](CCCc1cccc(C(F)(F)F)c1)(OC)OC. The summed E-state index contributed by atoms with van der Waals surface area (Å²) < 4.78 is 54.2. The van der Waals surface area contributed by atoms with Crippen LogP contribution >= 0.6 is 0 Å². The Hall–Kier alpha value is -0.893. The normalized spacial score (nSPS) is 12.7. The molecular formula is C14H21F3O3Si. The zero-order valence-corrected chi connectivity index (χ0v) is 13.5. The Morgan fingerprint density at radius 2 is 1.81 bits per heavy atom. The van der Waals surface area contributed by atoms with Crippen LogP contribution in [-0.2, 0) is 25.9 Å². The van der Waals surface area contributed by atoms with Gasteiger partial charge in [0.1, 0.15) is 0 Å². The number of alkyl halides is 3. The zero-order valence-electron chi connectivity index (χ0n) is 12.5. The minimum absolute atomic E-state index is 0.484. The van der Waals surface area contributed by atoms with Crippen molar-refractivity contribution in [1.29, 1.82) is 0 Å². The maximum atomic E-state index is 12.6. The van der Waals surface area contributed by atoms with Gasteiger partial charge in [0, 0.05) is 26.9 Å². The molecule has 0 N–H and O–H groups in total. The Balaban J connectivity index is 2.63. The van der Waals surface area contributed by atoms with E-state index in [-0.39, 0.29) is 0 Å². The highest BCUT2D eigenvalue weighted by Gasteiger charge is 2.37. The monoisotopic (exact) mass is 322 g/mol. The largest absolute Gasteiger partial charge is 0.500 e. The average molecular weight is 322 g/mol. The molecule has 0 unspecified atom stereocenters. The summed E-state index contributed by atoms with van der Waals surface area (Å²) in [5.74, 6) is 0. The lowest BCUT2D eigenvalue weighted by Gasteiger charge is -2.25.